The number of likely N-dealkylation sites (N-methyl/N-ethyl adjacent to an activating group) is 1. The van der Waals surface area contributed by atoms with Crippen molar-refractivity contribution in [3.05, 3.63) is 72.2 Å². The van der Waals surface area contributed by atoms with Gasteiger partial charge < -0.3 is 25.0 Å². The van der Waals surface area contributed by atoms with E-state index in [0.717, 1.165) is 55.2 Å². The molecular weight excluding hydrogens is 544 g/mol. The normalized spacial score (nSPS) is 13.9. The van der Waals surface area contributed by atoms with Crippen LogP contribution in [0.5, 0.6) is 5.75 Å². The number of piperazine rings is 1. The van der Waals surface area contributed by atoms with Gasteiger partial charge in [-0.25, -0.2) is 9.97 Å². The molecule has 10 nitrogen and oxygen atoms in total. The van der Waals surface area contributed by atoms with Crippen molar-refractivity contribution in [2.75, 3.05) is 64.8 Å². The third-order valence-corrected chi connectivity index (χ3v) is 7.20. The molecule has 2 aromatic heterocycles. The molecule has 0 unspecified atom stereocenters. The number of benzene rings is 2. The Bertz CT molecular complexity index is 1490. The molecule has 0 aliphatic carbocycles. The Morgan fingerprint density at radius 3 is 2.64 bits per heavy atom. The Labute approximate surface area is 243 Å². The molecule has 4 aromatic rings. The van der Waals surface area contributed by atoms with Crippen LogP contribution in [0.1, 0.15) is 15.9 Å². The maximum atomic E-state index is 13.1. The number of rotatable bonds is 12. The summed E-state index contributed by atoms with van der Waals surface area (Å²) < 4.78 is 37.1. The van der Waals surface area contributed by atoms with Crippen molar-refractivity contribution < 1.29 is 23.0 Å². The molecule has 0 saturated carbocycles. The smallest absolute Gasteiger partial charge is 0.387 e. The number of amides is 1. The third-order valence-electron chi connectivity index (χ3n) is 7.20. The molecule has 5 rings (SSSR count). The molecule has 1 aliphatic heterocycles. The number of fused-ring (bicyclic) bond motifs is 1. The van der Waals surface area contributed by atoms with Gasteiger partial charge in [0.05, 0.1) is 25.1 Å². The van der Waals surface area contributed by atoms with E-state index in [-0.39, 0.29) is 11.7 Å². The second-order valence-electron chi connectivity index (χ2n) is 10.1. The number of imidazole rings is 1. The fourth-order valence-electron chi connectivity index (χ4n) is 4.89. The fraction of sp³-hybridized carbons (Fsp3) is 0.367. The van der Waals surface area contributed by atoms with Crippen LogP contribution >= 0.6 is 0 Å². The molecule has 2 N–H and O–H groups in total. The Hall–Kier alpha value is -4.13. The van der Waals surface area contributed by atoms with Gasteiger partial charge in [-0.3, -0.25) is 14.1 Å². The molecule has 0 atom stereocenters. The zero-order valence-corrected chi connectivity index (χ0v) is 23.7. The number of alkyl halides is 2. The molecule has 2 aromatic carbocycles. The van der Waals surface area contributed by atoms with E-state index in [2.05, 4.69) is 30.2 Å². The Morgan fingerprint density at radius 1 is 1.12 bits per heavy atom. The summed E-state index contributed by atoms with van der Waals surface area (Å²) in [6, 6.07) is 11.9. The number of carbonyl (C=O) groups is 1. The summed E-state index contributed by atoms with van der Waals surface area (Å²) >= 11 is 0. The number of ether oxygens (including phenoxy) is 2. The molecule has 3 heterocycles. The fourth-order valence-corrected chi connectivity index (χ4v) is 4.89. The number of aryl methyl sites for hydroxylation is 1. The molecule has 1 amide bonds. The molecule has 1 fully saturated rings. The quantitative estimate of drug-likeness (QED) is 0.243. The largest absolute Gasteiger partial charge is 0.435 e. The minimum Gasteiger partial charge on any atom is -0.435 e. The van der Waals surface area contributed by atoms with Crippen molar-refractivity contribution in [1.82, 2.24) is 29.5 Å². The number of hydrogen-bond acceptors (Lipinski definition) is 8. The van der Waals surface area contributed by atoms with Crippen LogP contribution in [0, 0.1) is 6.92 Å². The Kier molecular flexibility index (Phi) is 9.57. The van der Waals surface area contributed by atoms with E-state index < -0.39 is 6.61 Å². The Balaban J connectivity index is 1.19. The molecular formula is C30H35F2N7O3. The van der Waals surface area contributed by atoms with Gasteiger partial charge in [0, 0.05) is 75.5 Å². The SMILES string of the molecule is Cc1cc(Nc2nccn3c(-c4ccc(OC(F)F)cc4)cnc23)ccc1C(=O)N(C)CCOCCN1CCNCC1. The summed E-state index contributed by atoms with van der Waals surface area (Å²) in [5, 5.41) is 6.64. The molecule has 1 aliphatic rings. The average Bonchev–Trinajstić information content (AvgIpc) is 3.42. The number of carbonyl (C=O) groups excluding carboxylic acids is 1. The number of halogens is 2. The Morgan fingerprint density at radius 2 is 1.90 bits per heavy atom. The van der Waals surface area contributed by atoms with Crippen LogP contribution in [0.2, 0.25) is 0 Å². The van der Waals surface area contributed by atoms with Crippen LogP contribution in [-0.4, -0.2) is 96.2 Å². The van der Waals surface area contributed by atoms with Gasteiger partial charge in [0.15, 0.2) is 11.5 Å². The van der Waals surface area contributed by atoms with Crippen LogP contribution in [-0.2, 0) is 4.74 Å². The van der Waals surface area contributed by atoms with Crippen molar-refractivity contribution >= 4 is 23.1 Å². The summed E-state index contributed by atoms with van der Waals surface area (Å²) in [6.45, 7) is 5.70. The lowest BCUT2D eigenvalue weighted by atomic mass is 10.1. The van der Waals surface area contributed by atoms with Crippen molar-refractivity contribution in [2.24, 2.45) is 0 Å². The van der Waals surface area contributed by atoms with Crippen LogP contribution in [0.15, 0.2) is 61.1 Å². The van der Waals surface area contributed by atoms with Gasteiger partial charge in [0.1, 0.15) is 5.75 Å². The van der Waals surface area contributed by atoms with Crippen molar-refractivity contribution in [3.8, 4) is 17.0 Å². The van der Waals surface area contributed by atoms with Gasteiger partial charge in [-0.15, -0.1) is 0 Å². The third kappa shape index (κ3) is 7.19. The highest BCUT2D eigenvalue weighted by Crippen LogP contribution is 2.27. The average molecular weight is 580 g/mol. The monoisotopic (exact) mass is 579 g/mol. The highest BCUT2D eigenvalue weighted by molar-refractivity contribution is 5.96. The van der Waals surface area contributed by atoms with Gasteiger partial charge in [-0.05, 0) is 55.0 Å². The van der Waals surface area contributed by atoms with Crippen LogP contribution in [0.25, 0.3) is 16.9 Å². The van der Waals surface area contributed by atoms with Gasteiger partial charge in [0.2, 0.25) is 0 Å². The second kappa shape index (κ2) is 13.7. The number of nitrogens with zero attached hydrogens (tertiary/aromatic N) is 5. The number of aromatic nitrogens is 3. The number of nitrogens with one attached hydrogen (secondary N) is 2. The highest BCUT2D eigenvalue weighted by atomic mass is 19.3. The van der Waals surface area contributed by atoms with Crippen LogP contribution < -0.4 is 15.4 Å². The lowest BCUT2D eigenvalue weighted by Crippen LogP contribution is -2.44. The van der Waals surface area contributed by atoms with Gasteiger partial charge in [-0.2, -0.15) is 8.78 Å². The lowest BCUT2D eigenvalue weighted by molar-refractivity contribution is -0.0498. The van der Waals surface area contributed by atoms with E-state index in [4.69, 9.17) is 4.74 Å². The molecule has 0 bridgehead atoms. The van der Waals surface area contributed by atoms with E-state index in [9.17, 15) is 13.6 Å². The minimum atomic E-state index is -2.87. The van der Waals surface area contributed by atoms with E-state index >= 15 is 0 Å². The van der Waals surface area contributed by atoms with Gasteiger partial charge in [0.25, 0.3) is 5.91 Å². The van der Waals surface area contributed by atoms with E-state index in [1.165, 1.54) is 12.1 Å². The predicted molar refractivity (Wildman–Crippen MR) is 157 cm³/mol. The lowest BCUT2D eigenvalue weighted by Gasteiger charge is -2.27. The van der Waals surface area contributed by atoms with Crippen LogP contribution in [0.4, 0.5) is 20.3 Å². The molecule has 0 spiro atoms. The zero-order valence-electron chi connectivity index (χ0n) is 23.7. The summed E-state index contributed by atoms with van der Waals surface area (Å²) in [4.78, 5) is 26.1. The second-order valence-corrected chi connectivity index (χ2v) is 10.1. The highest BCUT2D eigenvalue weighted by Gasteiger charge is 2.16. The molecule has 0 radical (unpaired) electrons. The predicted octanol–water partition coefficient (Wildman–Crippen LogP) is 4.04. The minimum absolute atomic E-state index is 0.0622. The molecule has 12 heteroatoms. The van der Waals surface area contributed by atoms with E-state index in [1.807, 2.05) is 29.5 Å². The maximum absolute atomic E-state index is 13.1. The van der Waals surface area contributed by atoms with E-state index in [0.29, 0.717) is 36.8 Å². The van der Waals surface area contributed by atoms with Gasteiger partial charge in [-0.1, -0.05) is 0 Å². The molecule has 222 valence electrons. The summed E-state index contributed by atoms with van der Waals surface area (Å²) in [5.74, 6) is 0.563. The summed E-state index contributed by atoms with van der Waals surface area (Å²) in [7, 11) is 1.79. The first-order valence-corrected chi connectivity index (χ1v) is 13.9. The zero-order chi connectivity index (χ0) is 29.5. The van der Waals surface area contributed by atoms with Crippen molar-refractivity contribution in [2.45, 2.75) is 13.5 Å². The summed E-state index contributed by atoms with van der Waals surface area (Å²) in [5.41, 5.74) is 4.37. The van der Waals surface area contributed by atoms with Gasteiger partial charge >= 0.3 is 6.61 Å². The topological polar surface area (TPSA) is 96.3 Å². The van der Waals surface area contributed by atoms with E-state index in [1.54, 1.807) is 42.7 Å². The van der Waals surface area contributed by atoms with Crippen molar-refractivity contribution in [3.63, 3.8) is 0 Å². The van der Waals surface area contributed by atoms with Crippen molar-refractivity contribution in [1.29, 1.82) is 0 Å². The first-order chi connectivity index (χ1) is 20.4. The number of anilines is 2. The molecule has 1 saturated heterocycles. The maximum Gasteiger partial charge on any atom is 0.387 e. The standard InChI is InChI=1S/C30H35F2N7O3/c1-21-19-23(5-8-25(21)29(40)37(2)15-17-41-18-16-38-12-9-33-10-13-38)36-27-28-35-20-26(39(28)14-11-34-27)22-3-6-24(7-4-22)42-30(31)32/h3-8,11,14,19-20,30,33H,9-10,12-13,15-18H2,1-2H3,(H,34,36). The molecule has 42 heavy (non-hydrogen) atoms. The van der Waals surface area contributed by atoms with Crippen LogP contribution in [0.3, 0.4) is 0 Å². The summed E-state index contributed by atoms with van der Waals surface area (Å²) in [6.07, 6.45) is 5.13. The first kappa shape index (κ1) is 29.4. The first-order valence-electron chi connectivity index (χ1n) is 13.9. The number of hydrogen-bond donors (Lipinski definition) is 2.